The van der Waals surface area contributed by atoms with E-state index in [4.69, 9.17) is 4.98 Å². The van der Waals surface area contributed by atoms with Gasteiger partial charge in [0.2, 0.25) is 5.91 Å². The number of hydrogen-bond donors (Lipinski definition) is 3. The maximum Gasteiger partial charge on any atom is 0.237 e. The van der Waals surface area contributed by atoms with Gasteiger partial charge in [0.1, 0.15) is 5.82 Å². The van der Waals surface area contributed by atoms with E-state index in [9.17, 15) is 4.79 Å². The molecule has 0 fully saturated rings. The smallest absolute Gasteiger partial charge is 0.237 e. The van der Waals surface area contributed by atoms with Crippen molar-refractivity contribution in [3.05, 3.63) is 60.3 Å². The van der Waals surface area contributed by atoms with Gasteiger partial charge in [-0.25, -0.2) is 9.97 Å². The molecule has 156 valence electrons. The van der Waals surface area contributed by atoms with Crippen molar-refractivity contribution in [3.8, 4) is 0 Å². The number of nitrogens with one attached hydrogen (secondary N) is 3. The lowest BCUT2D eigenvalue weighted by atomic mass is 10.2. The number of likely N-dealkylation sites (N-methyl/N-ethyl adjacent to an activating group) is 1. The van der Waals surface area contributed by atoms with Crippen LogP contribution in [0.25, 0.3) is 10.9 Å². The van der Waals surface area contributed by atoms with E-state index in [1.807, 2.05) is 81.4 Å². The summed E-state index contributed by atoms with van der Waals surface area (Å²) in [6.45, 7) is 2.29. The van der Waals surface area contributed by atoms with E-state index in [0.29, 0.717) is 23.3 Å². The lowest BCUT2D eigenvalue weighted by molar-refractivity contribution is -0.116. The Morgan fingerprint density at radius 3 is 2.65 bits per heavy atom. The number of H-pyrrole nitrogens is 1. The van der Waals surface area contributed by atoms with Crippen molar-refractivity contribution in [1.29, 1.82) is 0 Å². The van der Waals surface area contributed by atoms with Gasteiger partial charge < -0.3 is 15.4 Å². The van der Waals surface area contributed by atoms with Gasteiger partial charge in [-0.1, -0.05) is 12.1 Å². The molecule has 4 rings (SSSR count). The van der Waals surface area contributed by atoms with Crippen molar-refractivity contribution in [2.24, 2.45) is 0 Å². The molecule has 0 spiro atoms. The Kier molecular flexibility index (Phi) is 6.19. The van der Waals surface area contributed by atoms with Crippen LogP contribution in [0.15, 0.2) is 64.6 Å². The molecule has 0 saturated carbocycles. The lowest BCUT2D eigenvalue weighted by Gasteiger charge is -2.11. The van der Waals surface area contributed by atoms with E-state index in [0.717, 1.165) is 27.2 Å². The fourth-order valence-electron chi connectivity index (χ4n) is 3.00. The van der Waals surface area contributed by atoms with Crippen LogP contribution in [-0.2, 0) is 4.79 Å². The first-order valence-corrected chi connectivity index (χ1v) is 10.6. The number of benzene rings is 2. The van der Waals surface area contributed by atoms with Crippen LogP contribution in [0.1, 0.15) is 5.69 Å². The van der Waals surface area contributed by atoms with Crippen molar-refractivity contribution in [2.75, 3.05) is 24.2 Å². The van der Waals surface area contributed by atoms with E-state index < -0.39 is 0 Å². The van der Waals surface area contributed by atoms with Gasteiger partial charge in [0, 0.05) is 27.7 Å². The molecule has 3 N–H and O–H groups in total. The zero-order chi connectivity index (χ0) is 21.8. The quantitative estimate of drug-likeness (QED) is 0.306. The first-order chi connectivity index (χ1) is 15.0. The minimum absolute atomic E-state index is 0.0485. The number of hydrogen-bond acceptors (Lipinski definition) is 7. The molecule has 4 aromatic rings. The van der Waals surface area contributed by atoms with Gasteiger partial charge in [0.05, 0.1) is 12.1 Å². The molecule has 2 aromatic heterocycles. The van der Waals surface area contributed by atoms with Gasteiger partial charge in [-0.05, 0) is 62.1 Å². The second-order valence-corrected chi connectivity index (χ2v) is 8.39. The molecular formula is C21H22BN7OS. The second kappa shape index (κ2) is 9.19. The predicted octanol–water partition coefficient (Wildman–Crippen LogP) is 2.97. The highest BCUT2D eigenvalue weighted by Crippen LogP contribution is 2.31. The minimum Gasteiger partial charge on any atom is -0.344 e. The van der Waals surface area contributed by atoms with E-state index in [1.165, 1.54) is 11.8 Å². The standard InChI is InChI=1S/C21H22BN7OS/c1-13-11-18(28-27-13)25-20-16-5-3-4-6-17(16)24-21(26-20)31-15-9-7-14(8-10-15)23-19(30)12-29(2)22/h3-11H,12,22H2,1-2H3,(H,23,30)(H2,24,25,26,27,28). The highest BCUT2D eigenvalue weighted by atomic mass is 32.2. The molecule has 8 nitrogen and oxygen atoms in total. The normalized spacial score (nSPS) is 11.1. The average Bonchev–Trinajstić information content (AvgIpc) is 3.13. The Hall–Kier alpha value is -3.37. The van der Waals surface area contributed by atoms with Crippen LogP contribution in [0.2, 0.25) is 0 Å². The number of aromatic nitrogens is 4. The molecule has 0 aliphatic rings. The Morgan fingerprint density at radius 2 is 1.94 bits per heavy atom. The predicted molar refractivity (Wildman–Crippen MR) is 127 cm³/mol. The van der Waals surface area contributed by atoms with Crippen LogP contribution in [0.4, 0.5) is 17.3 Å². The summed E-state index contributed by atoms with van der Waals surface area (Å²) in [4.78, 5) is 24.1. The van der Waals surface area contributed by atoms with Crippen molar-refractivity contribution < 1.29 is 4.79 Å². The molecule has 2 heterocycles. The van der Waals surface area contributed by atoms with Crippen LogP contribution < -0.4 is 10.6 Å². The molecule has 0 saturated heterocycles. The van der Waals surface area contributed by atoms with E-state index in [-0.39, 0.29) is 5.91 Å². The number of aryl methyl sites for hydroxylation is 1. The van der Waals surface area contributed by atoms with Gasteiger partial charge in [-0.15, -0.1) is 0 Å². The molecule has 0 radical (unpaired) electrons. The molecule has 0 bridgehead atoms. The molecule has 0 unspecified atom stereocenters. The lowest BCUT2D eigenvalue weighted by Crippen LogP contribution is -2.28. The Labute approximate surface area is 185 Å². The van der Waals surface area contributed by atoms with Gasteiger partial charge >= 0.3 is 0 Å². The van der Waals surface area contributed by atoms with E-state index in [1.54, 1.807) is 0 Å². The molecule has 1 amide bonds. The summed E-state index contributed by atoms with van der Waals surface area (Å²) in [7, 11) is 3.72. The maximum absolute atomic E-state index is 11.9. The third-order valence-corrected chi connectivity index (χ3v) is 5.22. The first-order valence-electron chi connectivity index (χ1n) is 9.74. The first kappa shape index (κ1) is 20.9. The molecule has 31 heavy (non-hydrogen) atoms. The van der Waals surface area contributed by atoms with E-state index >= 15 is 0 Å². The summed E-state index contributed by atoms with van der Waals surface area (Å²) < 4.78 is 0. The van der Waals surface area contributed by atoms with Gasteiger partial charge in [-0.3, -0.25) is 9.89 Å². The van der Waals surface area contributed by atoms with Crippen molar-refractivity contribution >= 4 is 53.9 Å². The van der Waals surface area contributed by atoms with Crippen LogP contribution in [0.5, 0.6) is 0 Å². The third kappa shape index (κ3) is 5.42. The third-order valence-electron chi connectivity index (χ3n) is 4.34. The molecule has 0 aliphatic carbocycles. The van der Waals surface area contributed by atoms with Crippen LogP contribution in [-0.4, -0.2) is 52.5 Å². The summed E-state index contributed by atoms with van der Waals surface area (Å²) in [5, 5.41) is 14.9. The summed E-state index contributed by atoms with van der Waals surface area (Å²) in [5.74, 6) is 1.36. The number of fused-ring (bicyclic) bond motifs is 1. The Bertz CT molecular complexity index is 1210. The van der Waals surface area contributed by atoms with Gasteiger partial charge in [0.15, 0.2) is 19.0 Å². The minimum atomic E-state index is -0.0485. The molecule has 10 heteroatoms. The Balaban J connectivity index is 1.55. The zero-order valence-corrected chi connectivity index (χ0v) is 18.3. The van der Waals surface area contributed by atoms with Crippen molar-refractivity contribution in [1.82, 2.24) is 25.0 Å². The molecular weight excluding hydrogens is 409 g/mol. The van der Waals surface area contributed by atoms with Crippen molar-refractivity contribution in [2.45, 2.75) is 17.0 Å². The number of rotatable bonds is 7. The largest absolute Gasteiger partial charge is 0.344 e. The number of para-hydroxylation sites is 1. The molecule has 0 aliphatic heterocycles. The maximum atomic E-state index is 11.9. The topological polar surface area (TPSA) is 98.8 Å². The Morgan fingerprint density at radius 1 is 1.16 bits per heavy atom. The number of carbonyl (C=O) groups excluding carboxylic acids is 1. The average molecular weight is 431 g/mol. The number of amides is 1. The summed E-state index contributed by atoms with van der Waals surface area (Å²) in [6, 6.07) is 17.4. The van der Waals surface area contributed by atoms with Gasteiger partial charge in [0.25, 0.3) is 0 Å². The van der Waals surface area contributed by atoms with Crippen LogP contribution >= 0.6 is 11.8 Å². The summed E-state index contributed by atoms with van der Waals surface area (Å²) in [6.07, 6.45) is 0. The fourth-order valence-corrected chi connectivity index (χ4v) is 3.76. The van der Waals surface area contributed by atoms with Gasteiger partial charge in [-0.2, -0.15) is 5.10 Å². The summed E-state index contributed by atoms with van der Waals surface area (Å²) in [5.41, 5.74) is 2.57. The van der Waals surface area contributed by atoms with E-state index in [2.05, 4.69) is 25.8 Å². The SMILES string of the molecule is BN(C)CC(=O)Nc1ccc(Sc2nc(Nc3cc(C)[nH]n3)c3ccccc3n2)cc1. The number of anilines is 3. The molecule has 0 atom stereocenters. The second-order valence-electron chi connectivity index (χ2n) is 7.35. The van der Waals surface area contributed by atoms with Crippen LogP contribution in [0.3, 0.4) is 0 Å². The van der Waals surface area contributed by atoms with Crippen LogP contribution in [0, 0.1) is 6.92 Å². The van der Waals surface area contributed by atoms with Crippen molar-refractivity contribution in [3.63, 3.8) is 0 Å². The monoisotopic (exact) mass is 431 g/mol. The number of nitrogens with zero attached hydrogens (tertiary/aromatic N) is 4. The zero-order valence-electron chi connectivity index (χ0n) is 17.5. The number of aromatic amines is 1. The highest BCUT2D eigenvalue weighted by Gasteiger charge is 2.11. The summed E-state index contributed by atoms with van der Waals surface area (Å²) >= 11 is 1.46. The highest BCUT2D eigenvalue weighted by molar-refractivity contribution is 7.99. The molecule has 2 aromatic carbocycles. The fraction of sp³-hybridized carbons (Fsp3) is 0.143. The number of carbonyl (C=O) groups is 1.